The summed E-state index contributed by atoms with van der Waals surface area (Å²) in [7, 11) is 0. The second-order valence-electron chi connectivity index (χ2n) is 5.96. The Hall–Kier alpha value is -1.66. The molecule has 0 bridgehead atoms. The molecule has 21 heavy (non-hydrogen) atoms. The van der Waals surface area contributed by atoms with Crippen LogP contribution < -0.4 is 0 Å². The first-order valence-electron chi connectivity index (χ1n) is 7.60. The third-order valence-electron chi connectivity index (χ3n) is 4.08. The van der Waals surface area contributed by atoms with Crippen molar-refractivity contribution >= 4 is 0 Å². The zero-order valence-corrected chi connectivity index (χ0v) is 12.4. The van der Waals surface area contributed by atoms with Crippen molar-refractivity contribution in [3.63, 3.8) is 0 Å². The average Bonchev–Trinajstić information content (AvgIpc) is 3.10. The molecule has 0 saturated carbocycles. The fraction of sp³-hybridized carbons (Fsp3) is 0.600. The number of aromatic nitrogens is 4. The number of nitrogens with zero attached hydrogens (tertiary/aromatic N) is 4. The number of aliphatic hydroxyl groups is 1. The van der Waals surface area contributed by atoms with Gasteiger partial charge < -0.3 is 10.0 Å². The van der Waals surface area contributed by atoms with Gasteiger partial charge in [0.25, 0.3) is 0 Å². The number of hydrogen-bond donors (Lipinski definition) is 2. The standard InChI is InChI=1S/C15H23N5O/c1-12-8-15(18-17-12)13-4-2-6-19(9-13)10-14(21)11-20-7-3-5-16-20/h3,5,7-8,13-14,21H,2,4,6,9-11H2,1H3,(H,17,18). The van der Waals surface area contributed by atoms with Crippen molar-refractivity contribution in [1.29, 1.82) is 0 Å². The highest BCUT2D eigenvalue weighted by molar-refractivity contribution is 5.13. The molecule has 2 aromatic heterocycles. The first kappa shape index (κ1) is 14.3. The first-order chi connectivity index (χ1) is 10.2. The Bertz CT molecular complexity index is 550. The largest absolute Gasteiger partial charge is 0.390 e. The molecule has 0 aliphatic carbocycles. The van der Waals surface area contributed by atoms with Crippen LogP contribution in [0.25, 0.3) is 0 Å². The van der Waals surface area contributed by atoms with Crippen molar-refractivity contribution in [3.05, 3.63) is 35.9 Å². The molecule has 1 aliphatic heterocycles. The van der Waals surface area contributed by atoms with Crippen LogP contribution in [0.4, 0.5) is 0 Å². The maximum Gasteiger partial charge on any atom is 0.0862 e. The van der Waals surface area contributed by atoms with Gasteiger partial charge in [-0.25, -0.2) is 0 Å². The quantitative estimate of drug-likeness (QED) is 0.866. The monoisotopic (exact) mass is 289 g/mol. The third-order valence-corrected chi connectivity index (χ3v) is 4.08. The van der Waals surface area contributed by atoms with Crippen molar-refractivity contribution in [2.45, 2.75) is 38.3 Å². The predicted molar refractivity (Wildman–Crippen MR) is 80.0 cm³/mol. The summed E-state index contributed by atoms with van der Waals surface area (Å²) in [6.07, 6.45) is 5.57. The molecule has 6 heteroatoms. The fourth-order valence-electron chi connectivity index (χ4n) is 3.09. The normalized spacial score (nSPS) is 21.5. The molecule has 3 rings (SSSR count). The molecule has 1 fully saturated rings. The number of nitrogens with one attached hydrogen (secondary N) is 1. The minimum Gasteiger partial charge on any atom is -0.390 e. The van der Waals surface area contributed by atoms with Gasteiger partial charge in [0.15, 0.2) is 0 Å². The second-order valence-corrected chi connectivity index (χ2v) is 5.96. The summed E-state index contributed by atoms with van der Waals surface area (Å²) in [5.41, 5.74) is 2.26. The van der Waals surface area contributed by atoms with Crippen LogP contribution in [0, 0.1) is 6.92 Å². The van der Waals surface area contributed by atoms with Crippen LogP contribution in [0.15, 0.2) is 24.5 Å². The molecule has 0 aromatic carbocycles. The van der Waals surface area contributed by atoms with Gasteiger partial charge in [0.05, 0.1) is 18.3 Å². The molecular formula is C15H23N5O. The summed E-state index contributed by atoms with van der Waals surface area (Å²) >= 11 is 0. The summed E-state index contributed by atoms with van der Waals surface area (Å²) in [6.45, 7) is 5.30. The van der Waals surface area contributed by atoms with Gasteiger partial charge in [0.2, 0.25) is 0 Å². The minimum atomic E-state index is -0.385. The fourth-order valence-corrected chi connectivity index (χ4v) is 3.09. The smallest absolute Gasteiger partial charge is 0.0862 e. The van der Waals surface area contributed by atoms with Crippen LogP contribution >= 0.6 is 0 Å². The lowest BCUT2D eigenvalue weighted by Gasteiger charge is -2.33. The topological polar surface area (TPSA) is 70.0 Å². The Balaban J connectivity index is 1.53. The van der Waals surface area contributed by atoms with Crippen LogP contribution in [0.1, 0.15) is 30.1 Å². The summed E-state index contributed by atoms with van der Waals surface area (Å²) in [4.78, 5) is 2.34. The van der Waals surface area contributed by atoms with Gasteiger partial charge in [-0.15, -0.1) is 0 Å². The number of aliphatic hydroxyl groups excluding tert-OH is 1. The number of β-amino-alcohol motifs (C(OH)–C–C–N with tert-alkyl or cyclic N) is 1. The molecule has 2 aromatic rings. The number of rotatable bonds is 5. The number of H-pyrrole nitrogens is 1. The molecule has 2 unspecified atom stereocenters. The SMILES string of the molecule is Cc1cc(C2CCCN(CC(O)Cn3cccn3)C2)n[nH]1. The van der Waals surface area contributed by atoms with Crippen molar-refractivity contribution < 1.29 is 5.11 Å². The molecule has 2 atom stereocenters. The molecule has 1 aliphatic rings. The van der Waals surface area contributed by atoms with Gasteiger partial charge in [0.1, 0.15) is 0 Å². The van der Waals surface area contributed by atoms with Crippen molar-refractivity contribution in [2.24, 2.45) is 0 Å². The highest BCUT2D eigenvalue weighted by atomic mass is 16.3. The summed E-state index contributed by atoms with van der Waals surface area (Å²) in [5.74, 6) is 0.473. The summed E-state index contributed by atoms with van der Waals surface area (Å²) in [5, 5.41) is 21.8. The summed E-state index contributed by atoms with van der Waals surface area (Å²) < 4.78 is 1.78. The van der Waals surface area contributed by atoms with Crippen LogP contribution in [0.2, 0.25) is 0 Å². The zero-order chi connectivity index (χ0) is 14.7. The summed E-state index contributed by atoms with van der Waals surface area (Å²) in [6, 6.07) is 4.01. The first-order valence-corrected chi connectivity index (χ1v) is 7.60. The van der Waals surface area contributed by atoms with Crippen molar-refractivity contribution in [1.82, 2.24) is 24.9 Å². The Labute approximate surface area is 124 Å². The van der Waals surface area contributed by atoms with Crippen LogP contribution in [-0.2, 0) is 6.54 Å². The van der Waals surface area contributed by atoms with E-state index in [-0.39, 0.29) is 6.10 Å². The molecular weight excluding hydrogens is 266 g/mol. The Morgan fingerprint density at radius 3 is 3.10 bits per heavy atom. The third kappa shape index (κ3) is 3.71. The molecule has 1 saturated heterocycles. The van der Waals surface area contributed by atoms with Crippen LogP contribution in [0.5, 0.6) is 0 Å². The number of piperidine rings is 1. The van der Waals surface area contributed by atoms with E-state index in [0.717, 1.165) is 30.9 Å². The van der Waals surface area contributed by atoms with Gasteiger partial charge in [-0.2, -0.15) is 10.2 Å². The zero-order valence-electron chi connectivity index (χ0n) is 12.4. The van der Waals surface area contributed by atoms with E-state index in [1.807, 2.05) is 19.2 Å². The Morgan fingerprint density at radius 1 is 1.48 bits per heavy atom. The molecule has 3 heterocycles. The minimum absolute atomic E-state index is 0.385. The second kappa shape index (κ2) is 6.41. The lowest BCUT2D eigenvalue weighted by atomic mass is 9.94. The molecule has 6 nitrogen and oxygen atoms in total. The van der Waals surface area contributed by atoms with Crippen LogP contribution in [-0.4, -0.2) is 55.7 Å². The highest BCUT2D eigenvalue weighted by Gasteiger charge is 2.24. The highest BCUT2D eigenvalue weighted by Crippen LogP contribution is 2.25. The lowest BCUT2D eigenvalue weighted by molar-refractivity contribution is 0.0804. The van der Waals surface area contributed by atoms with Gasteiger partial charge in [-0.3, -0.25) is 9.78 Å². The van der Waals surface area contributed by atoms with E-state index in [2.05, 4.69) is 26.3 Å². The number of aromatic amines is 1. The van der Waals surface area contributed by atoms with Gasteiger partial charge in [-0.05, 0) is 38.4 Å². The molecule has 0 spiro atoms. The van der Waals surface area contributed by atoms with Gasteiger partial charge >= 0.3 is 0 Å². The Morgan fingerprint density at radius 2 is 2.38 bits per heavy atom. The number of aryl methyl sites for hydroxylation is 1. The predicted octanol–water partition coefficient (Wildman–Crippen LogP) is 1.16. The number of hydrogen-bond acceptors (Lipinski definition) is 4. The van der Waals surface area contributed by atoms with Crippen LogP contribution in [0.3, 0.4) is 0 Å². The van der Waals surface area contributed by atoms with E-state index < -0.39 is 0 Å². The number of likely N-dealkylation sites (tertiary alicyclic amines) is 1. The molecule has 2 N–H and O–H groups in total. The molecule has 0 radical (unpaired) electrons. The van der Waals surface area contributed by atoms with E-state index in [1.165, 1.54) is 6.42 Å². The maximum absolute atomic E-state index is 10.2. The molecule has 114 valence electrons. The maximum atomic E-state index is 10.2. The van der Waals surface area contributed by atoms with E-state index in [0.29, 0.717) is 19.0 Å². The van der Waals surface area contributed by atoms with E-state index >= 15 is 0 Å². The van der Waals surface area contributed by atoms with Crippen molar-refractivity contribution in [2.75, 3.05) is 19.6 Å². The van der Waals surface area contributed by atoms with E-state index in [1.54, 1.807) is 10.9 Å². The van der Waals surface area contributed by atoms with Crippen molar-refractivity contribution in [3.8, 4) is 0 Å². The molecule has 0 amide bonds. The Kier molecular flexibility index (Phi) is 4.36. The lowest BCUT2D eigenvalue weighted by Crippen LogP contribution is -2.40. The van der Waals surface area contributed by atoms with E-state index in [9.17, 15) is 5.11 Å². The van der Waals surface area contributed by atoms with Gasteiger partial charge in [0, 0.05) is 37.1 Å². The van der Waals surface area contributed by atoms with Gasteiger partial charge in [-0.1, -0.05) is 0 Å². The average molecular weight is 289 g/mol. The van der Waals surface area contributed by atoms with E-state index in [4.69, 9.17) is 0 Å².